The topological polar surface area (TPSA) is 50.4 Å². The highest BCUT2D eigenvalue weighted by Crippen LogP contribution is 2.22. The fourth-order valence-corrected chi connectivity index (χ4v) is 1.57. The van der Waals surface area contributed by atoms with Gasteiger partial charge in [0.15, 0.2) is 0 Å². The molecule has 0 aliphatic rings. The summed E-state index contributed by atoms with van der Waals surface area (Å²) in [5.74, 6) is -0.0193. The van der Waals surface area contributed by atoms with Crippen LogP contribution in [0.2, 0.25) is 0 Å². The Morgan fingerprint density at radius 2 is 2.29 bits per heavy atom. The zero-order valence-electron chi connectivity index (χ0n) is 7.78. The number of furan rings is 1. The SMILES string of the molecule is Cc1cc2c(CC(=O)O)cccc2o1. The van der Waals surface area contributed by atoms with Crippen LogP contribution in [0.5, 0.6) is 0 Å². The number of hydrogen-bond donors (Lipinski definition) is 1. The lowest BCUT2D eigenvalue weighted by molar-refractivity contribution is -0.136. The first-order valence-electron chi connectivity index (χ1n) is 4.36. The second kappa shape index (κ2) is 3.18. The minimum Gasteiger partial charge on any atom is -0.481 e. The number of aryl methyl sites for hydroxylation is 1. The molecule has 0 spiro atoms. The lowest BCUT2D eigenvalue weighted by atomic mass is 10.1. The molecule has 3 nitrogen and oxygen atoms in total. The van der Waals surface area contributed by atoms with Crippen molar-refractivity contribution in [2.24, 2.45) is 0 Å². The van der Waals surface area contributed by atoms with E-state index in [1.165, 1.54) is 0 Å². The molecule has 3 heteroatoms. The van der Waals surface area contributed by atoms with Crippen LogP contribution in [0.25, 0.3) is 11.0 Å². The summed E-state index contributed by atoms with van der Waals surface area (Å²) in [6.07, 6.45) is 0.0380. The lowest BCUT2D eigenvalue weighted by Crippen LogP contribution is -1.99. The normalized spacial score (nSPS) is 10.6. The Kier molecular flexibility index (Phi) is 2.00. The van der Waals surface area contributed by atoms with E-state index in [1.54, 1.807) is 0 Å². The number of fused-ring (bicyclic) bond motifs is 1. The fourth-order valence-electron chi connectivity index (χ4n) is 1.57. The van der Waals surface area contributed by atoms with Crippen LogP contribution in [-0.4, -0.2) is 11.1 Å². The van der Waals surface area contributed by atoms with Gasteiger partial charge in [-0.05, 0) is 24.6 Å². The summed E-state index contributed by atoms with van der Waals surface area (Å²) in [7, 11) is 0. The zero-order valence-corrected chi connectivity index (χ0v) is 7.78. The Balaban J connectivity index is 2.58. The molecular formula is C11H10O3. The molecule has 14 heavy (non-hydrogen) atoms. The molecule has 1 aromatic heterocycles. The van der Waals surface area contributed by atoms with Crippen molar-refractivity contribution < 1.29 is 14.3 Å². The third kappa shape index (κ3) is 1.48. The Labute approximate surface area is 81.0 Å². The Morgan fingerprint density at radius 3 is 3.00 bits per heavy atom. The molecule has 72 valence electrons. The molecule has 0 amide bonds. The minimum absolute atomic E-state index is 0.0380. The predicted molar refractivity (Wildman–Crippen MR) is 52.3 cm³/mol. The summed E-state index contributed by atoms with van der Waals surface area (Å²) in [5.41, 5.74) is 1.55. The summed E-state index contributed by atoms with van der Waals surface area (Å²) in [4.78, 5) is 10.6. The standard InChI is InChI=1S/C11H10O3/c1-7-5-9-8(6-11(12)13)3-2-4-10(9)14-7/h2-5H,6H2,1H3,(H,12,13). The summed E-state index contributed by atoms with van der Waals surface area (Å²) in [5, 5.41) is 9.60. The van der Waals surface area contributed by atoms with Gasteiger partial charge >= 0.3 is 5.97 Å². The van der Waals surface area contributed by atoms with Crippen LogP contribution < -0.4 is 0 Å². The first-order valence-corrected chi connectivity index (χ1v) is 4.36. The number of hydrogen-bond acceptors (Lipinski definition) is 2. The number of carboxylic acid groups (broad SMARTS) is 1. The van der Waals surface area contributed by atoms with Crippen molar-refractivity contribution in [2.75, 3.05) is 0 Å². The van der Waals surface area contributed by atoms with Gasteiger partial charge in [0.2, 0.25) is 0 Å². The fraction of sp³-hybridized carbons (Fsp3) is 0.182. The average molecular weight is 190 g/mol. The van der Waals surface area contributed by atoms with Crippen LogP contribution >= 0.6 is 0 Å². The quantitative estimate of drug-likeness (QED) is 0.790. The molecule has 1 heterocycles. The average Bonchev–Trinajstić information content (AvgIpc) is 2.45. The van der Waals surface area contributed by atoms with E-state index < -0.39 is 5.97 Å². The van der Waals surface area contributed by atoms with Gasteiger partial charge in [-0.2, -0.15) is 0 Å². The predicted octanol–water partition coefficient (Wildman–Crippen LogP) is 2.37. The monoisotopic (exact) mass is 190 g/mol. The van der Waals surface area contributed by atoms with Crippen molar-refractivity contribution in [3.63, 3.8) is 0 Å². The maximum absolute atomic E-state index is 10.6. The summed E-state index contributed by atoms with van der Waals surface area (Å²) in [6.45, 7) is 1.85. The molecule has 2 rings (SSSR count). The van der Waals surface area contributed by atoms with Crippen molar-refractivity contribution in [3.8, 4) is 0 Å². The van der Waals surface area contributed by atoms with Gasteiger partial charge in [-0.15, -0.1) is 0 Å². The van der Waals surface area contributed by atoms with Gasteiger partial charge in [-0.1, -0.05) is 12.1 Å². The van der Waals surface area contributed by atoms with E-state index >= 15 is 0 Å². The van der Waals surface area contributed by atoms with Crippen LogP contribution in [-0.2, 0) is 11.2 Å². The molecule has 0 bridgehead atoms. The van der Waals surface area contributed by atoms with E-state index in [0.717, 1.165) is 22.3 Å². The Morgan fingerprint density at radius 1 is 1.50 bits per heavy atom. The van der Waals surface area contributed by atoms with E-state index in [1.807, 2.05) is 31.2 Å². The van der Waals surface area contributed by atoms with Gasteiger partial charge in [0.1, 0.15) is 11.3 Å². The molecule has 0 aliphatic carbocycles. The molecule has 2 aromatic rings. The largest absolute Gasteiger partial charge is 0.481 e. The molecule has 0 radical (unpaired) electrons. The number of rotatable bonds is 2. The summed E-state index contributed by atoms with van der Waals surface area (Å²) >= 11 is 0. The van der Waals surface area contributed by atoms with Crippen molar-refractivity contribution in [1.82, 2.24) is 0 Å². The van der Waals surface area contributed by atoms with Crippen LogP contribution in [0.15, 0.2) is 28.7 Å². The highest BCUT2D eigenvalue weighted by molar-refractivity contribution is 5.85. The molecule has 0 saturated carbocycles. The molecule has 0 saturated heterocycles. The molecule has 0 unspecified atom stereocenters. The van der Waals surface area contributed by atoms with Crippen LogP contribution in [0.4, 0.5) is 0 Å². The highest BCUT2D eigenvalue weighted by Gasteiger charge is 2.07. The van der Waals surface area contributed by atoms with Crippen molar-refractivity contribution in [3.05, 3.63) is 35.6 Å². The molecule has 0 aliphatic heterocycles. The number of benzene rings is 1. The molecular weight excluding hydrogens is 180 g/mol. The van der Waals surface area contributed by atoms with Gasteiger partial charge in [-0.25, -0.2) is 0 Å². The van der Waals surface area contributed by atoms with Gasteiger partial charge in [-0.3, -0.25) is 4.79 Å². The number of carboxylic acids is 1. The van der Waals surface area contributed by atoms with Gasteiger partial charge in [0, 0.05) is 5.39 Å². The second-order valence-electron chi connectivity index (χ2n) is 3.26. The van der Waals surface area contributed by atoms with E-state index in [9.17, 15) is 4.79 Å². The third-order valence-electron chi connectivity index (χ3n) is 2.12. The molecule has 1 aromatic carbocycles. The van der Waals surface area contributed by atoms with Crippen molar-refractivity contribution in [1.29, 1.82) is 0 Å². The first-order chi connectivity index (χ1) is 6.66. The lowest BCUT2D eigenvalue weighted by Gasteiger charge is -1.97. The van der Waals surface area contributed by atoms with Crippen molar-refractivity contribution in [2.45, 2.75) is 13.3 Å². The molecule has 0 atom stereocenters. The molecule has 1 N–H and O–H groups in total. The van der Waals surface area contributed by atoms with E-state index in [0.29, 0.717) is 0 Å². The number of aliphatic carboxylic acids is 1. The number of carbonyl (C=O) groups is 1. The van der Waals surface area contributed by atoms with E-state index in [2.05, 4.69) is 0 Å². The van der Waals surface area contributed by atoms with Crippen LogP contribution in [0, 0.1) is 6.92 Å². The van der Waals surface area contributed by atoms with Gasteiger partial charge in [0.05, 0.1) is 6.42 Å². The van der Waals surface area contributed by atoms with Gasteiger partial charge < -0.3 is 9.52 Å². The Hall–Kier alpha value is -1.77. The maximum atomic E-state index is 10.6. The van der Waals surface area contributed by atoms with Gasteiger partial charge in [0.25, 0.3) is 0 Å². The Bertz CT molecular complexity index is 482. The van der Waals surface area contributed by atoms with Crippen LogP contribution in [0.3, 0.4) is 0 Å². The van der Waals surface area contributed by atoms with E-state index in [4.69, 9.17) is 9.52 Å². The molecule has 0 fully saturated rings. The minimum atomic E-state index is -0.823. The highest BCUT2D eigenvalue weighted by atomic mass is 16.4. The van der Waals surface area contributed by atoms with E-state index in [-0.39, 0.29) is 6.42 Å². The zero-order chi connectivity index (χ0) is 10.1. The van der Waals surface area contributed by atoms with Crippen LogP contribution in [0.1, 0.15) is 11.3 Å². The second-order valence-corrected chi connectivity index (χ2v) is 3.26. The van der Waals surface area contributed by atoms with Crippen molar-refractivity contribution >= 4 is 16.9 Å². The smallest absolute Gasteiger partial charge is 0.307 e. The first kappa shape index (κ1) is 8.81. The maximum Gasteiger partial charge on any atom is 0.307 e. The summed E-state index contributed by atoms with van der Waals surface area (Å²) < 4.78 is 5.40. The summed E-state index contributed by atoms with van der Waals surface area (Å²) in [6, 6.07) is 7.33. The third-order valence-corrected chi connectivity index (χ3v) is 2.12.